The summed E-state index contributed by atoms with van der Waals surface area (Å²) >= 11 is 0. The molecule has 1 atom stereocenters. The molecule has 0 saturated carbocycles. The van der Waals surface area contributed by atoms with Gasteiger partial charge in [-0.1, -0.05) is 24.3 Å². The average molecular weight is 368 g/mol. The minimum atomic E-state index is -1.22. The number of benzene rings is 2. The molecule has 0 fully saturated rings. The Kier molecular flexibility index (Phi) is 5.23. The zero-order valence-electron chi connectivity index (χ0n) is 14.6. The van der Waals surface area contributed by atoms with Crippen LogP contribution in [0.3, 0.4) is 0 Å². The number of hydrogen-bond donors (Lipinski definition) is 2. The lowest BCUT2D eigenvalue weighted by Gasteiger charge is -2.37. The molecule has 0 bridgehead atoms. The van der Waals surface area contributed by atoms with E-state index in [1.807, 2.05) is 0 Å². The van der Waals surface area contributed by atoms with E-state index in [0.717, 1.165) is 0 Å². The van der Waals surface area contributed by atoms with Gasteiger partial charge in [-0.3, -0.25) is 9.78 Å². The molecule has 3 aromatic rings. The van der Waals surface area contributed by atoms with Crippen LogP contribution in [0, 0.1) is 11.6 Å². The zero-order valence-corrected chi connectivity index (χ0v) is 14.6. The number of halogens is 2. The van der Waals surface area contributed by atoms with E-state index >= 15 is 0 Å². The zero-order chi connectivity index (χ0) is 19.4. The van der Waals surface area contributed by atoms with Gasteiger partial charge in [0.1, 0.15) is 17.3 Å². The molecule has 0 aliphatic heterocycles. The largest absolute Gasteiger partial charge is 0.346 e. The second kappa shape index (κ2) is 7.59. The van der Waals surface area contributed by atoms with E-state index < -0.39 is 29.1 Å². The van der Waals surface area contributed by atoms with E-state index in [9.17, 15) is 13.6 Å². The summed E-state index contributed by atoms with van der Waals surface area (Å²) in [6, 6.07) is 10.7. The molecule has 27 heavy (non-hydrogen) atoms. The number of hydrogen-bond acceptors (Lipinski definition) is 4. The third-order valence-electron chi connectivity index (χ3n) is 4.47. The van der Waals surface area contributed by atoms with Crippen LogP contribution in [-0.4, -0.2) is 21.9 Å². The smallest absolute Gasteiger partial charge is 0.271 e. The summed E-state index contributed by atoms with van der Waals surface area (Å²) in [6.45, 7) is 1.72. The molecule has 0 aliphatic carbocycles. The Balaban J connectivity index is 1.99. The fraction of sp³-hybridized carbons (Fsp3) is 0.150. The average Bonchev–Trinajstić information content (AvgIpc) is 2.69. The number of nitrogens with two attached hydrogens (primary N) is 1. The van der Waals surface area contributed by atoms with Gasteiger partial charge in [0.2, 0.25) is 0 Å². The predicted molar refractivity (Wildman–Crippen MR) is 96.7 cm³/mol. The first-order valence-electron chi connectivity index (χ1n) is 8.29. The Morgan fingerprint density at radius 2 is 1.52 bits per heavy atom. The van der Waals surface area contributed by atoms with Gasteiger partial charge < -0.3 is 11.1 Å². The van der Waals surface area contributed by atoms with Crippen LogP contribution >= 0.6 is 0 Å². The molecule has 3 rings (SSSR count). The van der Waals surface area contributed by atoms with E-state index in [1.165, 1.54) is 42.9 Å². The number of aromatic nitrogens is 2. The van der Waals surface area contributed by atoms with Crippen LogP contribution in [0.1, 0.15) is 28.5 Å². The molecule has 138 valence electrons. The van der Waals surface area contributed by atoms with Gasteiger partial charge in [0.05, 0.1) is 17.8 Å². The molecule has 2 aromatic carbocycles. The molecule has 1 amide bonds. The number of carbonyl (C=O) groups excluding carboxylic acids is 1. The second-order valence-electron chi connectivity index (χ2n) is 6.17. The molecule has 0 aliphatic rings. The first kappa shape index (κ1) is 18.6. The van der Waals surface area contributed by atoms with Crippen molar-refractivity contribution < 1.29 is 13.6 Å². The summed E-state index contributed by atoms with van der Waals surface area (Å²) in [7, 11) is 0. The van der Waals surface area contributed by atoms with E-state index in [2.05, 4.69) is 15.3 Å². The molecular weight excluding hydrogens is 350 g/mol. The summed E-state index contributed by atoms with van der Waals surface area (Å²) in [5.41, 5.74) is 6.78. The molecule has 5 nitrogen and oxygen atoms in total. The Morgan fingerprint density at radius 3 is 1.96 bits per heavy atom. The molecule has 7 heteroatoms. The Labute approximate surface area is 155 Å². The van der Waals surface area contributed by atoms with Crippen molar-refractivity contribution in [3.63, 3.8) is 0 Å². The van der Waals surface area contributed by atoms with E-state index in [-0.39, 0.29) is 5.69 Å². The lowest BCUT2D eigenvalue weighted by Crippen LogP contribution is -2.55. The normalized spacial score (nSPS) is 12.4. The van der Waals surface area contributed by atoms with Gasteiger partial charge in [0.25, 0.3) is 5.91 Å². The third-order valence-corrected chi connectivity index (χ3v) is 4.47. The molecule has 0 radical (unpaired) electrons. The van der Waals surface area contributed by atoms with Gasteiger partial charge in [-0.2, -0.15) is 0 Å². The van der Waals surface area contributed by atoms with Crippen LogP contribution in [0.2, 0.25) is 0 Å². The maximum Gasteiger partial charge on any atom is 0.271 e. The van der Waals surface area contributed by atoms with E-state index in [1.54, 1.807) is 31.2 Å². The number of carbonyl (C=O) groups is 1. The van der Waals surface area contributed by atoms with Crippen molar-refractivity contribution in [2.45, 2.75) is 18.5 Å². The Hall–Kier alpha value is -3.19. The van der Waals surface area contributed by atoms with Crippen molar-refractivity contribution >= 4 is 5.91 Å². The van der Waals surface area contributed by atoms with Crippen LogP contribution in [-0.2, 0) is 5.54 Å². The highest BCUT2D eigenvalue weighted by Gasteiger charge is 2.37. The first-order chi connectivity index (χ1) is 12.9. The molecule has 1 aromatic heterocycles. The Morgan fingerprint density at radius 1 is 1.00 bits per heavy atom. The van der Waals surface area contributed by atoms with E-state index in [4.69, 9.17) is 5.73 Å². The monoisotopic (exact) mass is 368 g/mol. The van der Waals surface area contributed by atoms with Crippen molar-refractivity contribution in [3.8, 4) is 0 Å². The highest BCUT2D eigenvalue weighted by molar-refractivity contribution is 5.92. The summed E-state index contributed by atoms with van der Waals surface area (Å²) in [5, 5.41) is 2.81. The van der Waals surface area contributed by atoms with Crippen LogP contribution in [0.5, 0.6) is 0 Å². The molecule has 0 saturated heterocycles. The number of amides is 1. The maximum absolute atomic E-state index is 13.4. The van der Waals surface area contributed by atoms with Crippen molar-refractivity contribution in [2.75, 3.05) is 0 Å². The minimum absolute atomic E-state index is 0.143. The summed E-state index contributed by atoms with van der Waals surface area (Å²) < 4.78 is 26.8. The minimum Gasteiger partial charge on any atom is -0.346 e. The van der Waals surface area contributed by atoms with Crippen molar-refractivity contribution in [1.82, 2.24) is 15.3 Å². The van der Waals surface area contributed by atoms with Crippen LogP contribution in [0.25, 0.3) is 0 Å². The first-order valence-corrected chi connectivity index (χ1v) is 8.29. The van der Waals surface area contributed by atoms with Gasteiger partial charge in [-0.25, -0.2) is 13.8 Å². The maximum atomic E-state index is 13.4. The number of rotatable bonds is 5. The predicted octanol–water partition coefficient (Wildman–Crippen LogP) is 2.78. The van der Waals surface area contributed by atoms with Gasteiger partial charge in [-0.05, 0) is 42.3 Å². The lowest BCUT2D eigenvalue weighted by atomic mass is 9.78. The highest BCUT2D eigenvalue weighted by atomic mass is 19.1. The SMILES string of the molecule is CC(NC(=O)c1cnccn1)C(N)(c1ccc(F)cc1)c1ccc(F)cc1. The quantitative estimate of drug-likeness (QED) is 0.726. The molecule has 3 N–H and O–H groups in total. The number of nitrogens with one attached hydrogen (secondary N) is 1. The van der Waals surface area contributed by atoms with Crippen LogP contribution in [0.15, 0.2) is 67.1 Å². The van der Waals surface area contributed by atoms with Gasteiger partial charge in [-0.15, -0.1) is 0 Å². The van der Waals surface area contributed by atoms with E-state index in [0.29, 0.717) is 11.1 Å². The summed E-state index contributed by atoms with van der Waals surface area (Å²) in [4.78, 5) is 20.3. The van der Waals surface area contributed by atoms with Gasteiger partial charge in [0.15, 0.2) is 0 Å². The third kappa shape index (κ3) is 3.83. The summed E-state index contributed by atoms with van der Waals surface area (Å²) in [6.07, 6.45) is 4.22. The van der Waals surface area contributed by atoms with Crippen LogP contribution < -0.4 is 11.1 Å². The van der Waals surface area contributed by atoms with Gasteiger partial charge in [0, 0.05) is 12.4 Å². The standard InChI is InChI=1S/C20H18F2N4O/c1-13(26-19(27)18-12-24-10-11-25-18)20(23,14-2-6-16(21)7-3-14)15-4-8-17(22)9-5-15/h2-13H,23H2,1H3,(H,26,27). The Bertz CT molecular complexity index is 869. The van der Waals surface area contributed by atoms with Crippen molar-refractivity contribution in [1.29, 1.82) is 0 Å². The summed E-state index contributed by atoms with van der Waals surface area (Å²) in [5.74, 6) is -1.26. The molecule has 0 spiro atoms. The van der Waals surface area contributed by atoms with Crippen LogP contribution in [0.4, 0.5) is 8.78 Å². The lowest BCUT2D eigenvalue weighted by molar-refractivity contribution is 0.0920. The fourth-order valence-corrected chi connectivity index (χ4v) is 2.92. The second-order valence-corrected chi connectivity index (χ2v) is 6.17. The van der Waals surface area contributed by atoms with Gasteiger partial charge >= 0.3 is 0 Å². The molecular formula is C20H18F2N4O. The fourth-order valence-electron chi connectivity index (χ4n) is 2.92. The van der Waals surface area contributed by atoms with Crippen molar-refractivity contribution in [2.24, 2.45) is 5.73 Å². The highest BCUT2D eigenvalue weighted by Crippen LogP contribution is 2.31. The molecule has 1 heterocycles. The van der Waals surface area contributed by atoms with Crippen molar-refractivity contribution in [3.05, 3.63) is 95.6 Å². The number of nitrogens with zero attached hydrogens (tertiary/aromatic N) is 2. The topological polar surface area (TPSA) is 80.9 Å². The molecule has 1 unspecified atom stereocenters.